The lowest BCUT2D eigenvalue weighted by Gasteiger charge is -2.23. The molecule has 2 unspecified atom stereocenters. The lowest BCUT2D eigenvalue weighted by Crippen LogP contribution is -2.48. The third-order valence-electron chi connectivity index (χ3n) is 3.03. The molecule has 16 heavy (non-hydrogen) atoms. The van der Waals surface area contributed by atoms with E-state index in [0.29, 0.717) is 12.8 Å². The van der Waals surface area contributed by atoms with Gasteiger partial charge in [0.05, 0.1) is 0 Å². The maximum absolute atomic E-state index is 11.2. The molecule has 0 amide bonds. The molecule has 3 N–H and O–H groups in total. The van der Waals surface area contributed by atoms with Crippen LogP contribution in [-0.2, 0) is 4.79 Å². The van der Waals surface area contributed by atoms with Crippen LogP contribution in [0.15, 0.2) is 11.5 Å². The van der Waals surface area contributed by atoms with Gasteiger partial charge in [-0.1, -0.05) is 11.8 Å². The standard InChI is InChI=1S/C9H14N4O2S/c1-10-9(7(14)15)3-2-6(4-9)16-8-11-5-12-13-8/h5-6,10H,2-4H2,1H3,(H,14,15)(H,11,12,13). The van der Waals surface area contributed by atoms with Crippen LogP contribution in [0.1, 0.15) is 19.3 Å². The number of likely N-dealkylation sites (N-methyl/N-ethyl adjacent to an activating group) is 1. The van der Waals surface area contributed by atoms with Gasteiger partial charge in [-0.25, -0.2) is 4.98 Å². The molecular weight excluding hydrogens is 228 g/mol. The summed E-state index contributed by atoms with van der Waals surface area (Å²) in [6.45, 7) is 0. The Morgan fingerprint density at radius 3 is 3.12 bits per heavy atom. The van der Waals surface area contributed by atoms with Crippen LogP contribution >= 0.6 is 11.8 Å². The van der Waals surface area contributed by atoms with Gasteiger partial charge in [0.1, 0.15) is 11.9 Å². The topological polar surface area (TPSA) is 90.9 Å². The molecule has 0 aromatic carbocycles. The zero-order valence-corrected chi connectivity index (χ0v) is 9.75. The second-order valence-corrected chi connectivity index (χ2v) is 5.20. The molecule has 1 aromatic heterocycles. The number of aliphatic carboxylic acids is 1. The number of nitrogens with one attached hydrogen (secondary N) is 2. The van der Waals surface area contributed by atoms with Gasteiger partial charge in [-0.15, -0.1) is 0 Å². The van der Waals surface area contributed by atoms with Gasteiger partial charge < -0.3 is 10.4 Å². The molecule has 1 saturated carbocycles. The van der Waals surface area contributed by atoms with Crippen molar-refractivity contribution in [2.24, 2.45) is 0 Å². The molecule has 6 nitrogen and oxygen atoms in total. The number of rotatable bonds is 4. The minimum atomic E-state index is -0.768. The predicted octanol–water partition coefficient (Wildman–Crippen LogP) is 0.492. The summed E-state index contributed by atoms with van der Waals surface area (Å²) in [6, 6.07) is 0. The van der Waals surface area contributed by atoms with E-state index in [0.717, 1.165) is 11.6 Å². The van der Waals surface area contributed by atoms with Crippen molar-refractivity contribution in [3.05, 3.63) is 6.33 Å². The highest BCUT2D eigenvalue weighted by atomic mass is 32.2. The van der Waals surface area contributed by atoms with E-state index in [-0.39, 0.29) is 5.25 Å². The lowest BCUT2D eigenvalue weighted by atomic mass is 9.99. The number of carboxylic acids is 1. The minimum absolute atomic E-state index is 0.275. The number of thioether (sulfide) groups is 1. The fourth-order valence-electron chi connectivity index (χ4n) is 2.04. The van der Waals surface area contributed by atoms with Crippen LogP contribution in [0.4, 0.5) is 0 Å². The van der Waals surface area contributed by atoms with Gasteiger partial charge in [0.25, 0.3) is 0 Å². The Morgan fingerprint density at radius 2 is 2.62 bits per heavy atom. The highest BCUT2D eigenvalue weighted by Crippen LogP contribution is 2.39. The van der Waals surface area contributed by atoms with Crippen molar-refractivity contribution in [3.63, 3.8) is 0 Å². The summed E-state index contributed by atoms with van der Waals surface area (Å²) >= 11 is 1.56. The first-order valence-electron chi connectivity index (χ1n) is 5.10. The Kier molecular flexibility index (Phi) is 3.15. The van der Waals surface area contributed by atoms with Crippen molar-refractivity contribution in [2.45, 2.75) is 35.2 Å². The van der Waals surface area contributed by atoms with Crippen molar-refractivity contribution in [2.75, 3.05) is 7.05 Å². The third kappa shape index (κ3) is 2.05. The van der Waals surface area contributed by atoms with Crippen molar-refractivity contribution in [1.29, 1.82) is 0 Å². The number of carboxylic acid groups (broad SMARTS) is 1. The Balaban J connectivity index is 1.99. The van der Waals surface area contributed by atoms with E-state index in [1.54, 1.807) is 18.8 Å². The minimum Gasteiger partial charge on any atom is -0.480 e. The number of aromatic nitrogens is 3. The molecule has 1 aliphatic carbocycles. The molecule has 2 atom stereocenters. The fourth-order valence-corrected chi connectivity index (χ4v) is 3.17. The number of H-pyrrole nitrogens is 1. The van der Waals surface area contributed by atoms with Crippen molar-refractivity contribution >= 4 is 17.7 Å². The maximum Gasteiger partial charge on any atom is 0.323 e. The summed E-state index contributed by atoms with van der Waals surface area (Å²) in [4.78, 5) is 15.2. The molecule has 0 spiro atoms. The average Bonchev–Trinajstić information content (AvgIpc) is 2.88. The number of hydrogen-bond acceptors (Lipinski definition) is 5. The number of nitrogens with zero attached hydrogens (tertiary/aromatic N) is 2. The summed E-state index contributed by atoms with van der Waals surface area (Å²) in [5, 5.41) is 19.7. The van der Waals surface area contributed by atoms with Gasteiger partial charge in [0.15, 0.2) is 5.16 Å². The van der Waals surface area contributed by atoms with Crippen LogP contribution in [0.2, 0.25) is 0 Å². The van der Waals surface area contributed by atoms with Crippen molar-refractivity contribution in [3.8, 4) is 0 Å². The largest absolute Gasteiger partial charge is 0.480 e. The summed E-state index contributed by atoms with van der Waals surface area (Å²) in [5.74, 6) is -0.768. The molecular formula is C9H14N4O2S. The molecule has 0 aliphatic heterocycles. The maximum atomic E-state index is 11.2. The Labute approximate surface area is 97.2 Å². The highest BCUT2D eigenvalue weighted by Gasteiger charge is 2.44. The monoisotopic (exact) mass is 242 g/mol. The number of aromatic amines is 1. The second kappa shape index (κ2) is 4.42. The van der Waals surface area contributed by atoms with Crippen LogP contribution in [0, 0.1) is 0 Å². The van der Waals surface area contributed by atoms with Gasteiger partial charge in [0.2, 0.25) is 0 Å². The summed E-state index contributed by atoms with van der Waals surface area (Å²) in [6.07, 6.45) is 3.60. The number of carbonyl (C=O) groups is 1. The average molecular weight is 242 g/mol. The van der Waals surface area contributed by atoms with Gasteiger partial charge in [-0.3, -0.25) is 9.89 Å². The summed E-state index contributed by atoms with van der Waals surface area (Å²) < 4.78 is 0. The molecule has 0 saturated heterocycles. The smallest absolute Gasteiger partial charge is 0.323 e. The normalized spacial score (nSPS) is 29.4. The van der Waals surface area contributed by atoms with Crippen LogP contribution in [0.25, 0.3) is 0 Å². The zero-order chi connectivity index (χ0) is 11.6. The second-order valence-electron chi connectivity index (χ2n) is 3.91. The first-order valence-corrected chi connectivity index (χ1v) is 5.98. The first-order chi connectivity index (χ1) is 7.66. The Morgan fingerprint density at radius 1 is 1.81 bits per heavy atom. The molecule has 1 aromatic rings. The van der Waals surface area contributed by atoms with E-state index in [1.165, 1.54) is 6.33 Å². The van der Waals surface area contributed by atoms with Crippen molar-refractivity contribution < 1.29 is 9.90 Å². The molecule has 0 radical (unpaired) electrons. The van der Waals surface area contributed by atoms with Crippen LogP contribution in [0.5, 0.6) is 0 Å². The van der Waals surface area contributed by atoms with E-state index < -0.39 is 11.5 Å². The summed E-state index contributed by atoms with van der Waals surface area (Å²) in [7, 11) is 1.70. The van der Waals surface area contributed by atoms with E-state index in [9.17, 15) is 9.90 Å². The Hall–Kier alpha value is -1.08. The third-order valence-corrected chi connectivity index (χ3v) is 4.18. The number of hydrogen-bond donors (Lipinski definition) is 3. The SMILES string of the molecule is CNC1(C(=O)O)CCC(Sc2ncn[nH]2)C1. The highest BCUT2D eigenvalue weighted by molar-refractivity contribution is 7.99. The Bertz CT molecular complexity index is 370. The van der Waals surface area contributed by atoms with Crippen molar-refractivity contribution in [1.82, 2.24) is 20.5 Å². The zero-order valence-electron chi connectivity index (χ0n) is 8.93. The van der Waals surface area contributed by atoms with Gasteiger partial charge in [-0.2, -0.15) is 5.10 Å². The van der Waals surface area contributed by atoms with Crippen LogP contribution in [0.3, 0.4) is 0 Å². The molecule has 88 valence electrons. The fraction of sp³-hybridized carbons (Fsp3) is 0.667. The van der Waals surface area contributed by atoms with E-state index in [2.05, 4.69) is 20.5 Å². The van der Waals surface area contributed by atoms with Gasteiger partial charge >= 0.3 is 5.97 Å². The lowest BCUT2D eigenvalue weighted by molar-refractivity contribution is -0.144. The summed E-state index contributed by atoms with van der Waals surface area (Å²) in [5.41, 5.74) is -0.766. The first kappa shape index (κ1) is 11.4. The molecule has 7 heteroatoms. The van der Waals surface area contributed by atoms with Crippen LogP contribution in [-0.4, -0.2) is 44.1 Å². The predicted molar refractivity (Wildman–Crippen MR) is 59.3 cm³/mol. The van der Waals surface area contributed by atoms with Crippen LogP contribution < -0.4 is 5.32 Å². The van der Waals surface area contributed by atoms with E-state index in [1.807, 2.05) is 0 Å². The quantitative estimate of drug-likeness (QED) is 0.712. The molecule has 0 bridgehead atoms. The van der Waals surface area contributed by atoms with E-state index >= 15 is 0 Å². The van der Waals surface area contributed by atoms with Gasteiger partial charge in [0, 0.05) is 5.25 Å². The molecule has 1 heterocycles. The molecule has 2 rings (SSSR count). The molecule has 1 aliphatic rings. The van der Waals surface area contributed by atoms with E-state index in [4.69, 9.17) is 0 Å². The molecule has 1 fully saturated rings. The van der Waals surface area contributed by atoms with Gasteiger partial charge in [-0.05, 0) is 26.3 Å².